The van der Waals surface area contributed by atoms with E-state index in [1.807, 2.05) is 0 Å². The van der Waals surface area contributed by atoms with Crippen LogP contribution in [-0.4, -0.2) is 17.0 Å². The van der Waals surface area contributed by atoms with Crippen molar-refractivity contribution in [2.24, 2.45) is 46.3 Å². The van der Waals surface area contributed by atoms with Crippen LogP contribution >= 0.6 is 12.6 Å². The Hall–Kier alpha value is 0.310. The lowest BCUT2D eigenvalue weighted by atomic mass is 9.44. The van der Waals surface area contributed by atoms with Gasteiger partial charge in [-0.15, -0.1) is 0 Å². The molecule has 0 bridgehead atoms. The van der Waals surface area contributed by atoms with Crippen molar-refractivity contribution in [2.75, 3.05) is 5.75 Å². The highest BCUT2D eigenvalue weighted by Gasteiger charge is 2.60. The smallest absolute Gasteiger partial charge is 0.0543 e. The summed E-state index contributed by atoms with van der Waals surface area (Å²) in [6, 6.07) is 0. The minimum absolute atomic E-state index is 0.0134. The van der Waals surface area contributed by atoms with Gasteiger partial charge in [-0.3, -0.25) is 0 Å². The van der Waals surface area contributed by atoms with Gasteiger partial charge in [-0.05, 0) is 110 Å². The lowest BCUT2D eigenvalue weighted by Crippen LogP contribution is -2.54. The van der Waals surface area contributed by atoms with Gasteiger partial charge in [0.15, 0.2) is 0 Å². The van der Waals surface area contributed by atoms with E-state index in [1.165, 1.54) is 44.9 Å². The molecule has 4 saturated carbocycles. The predicted octanol–water partition coefficient (Wildman–Crippen LogP) is 5.57. The molecule has 2 heteroatoms. The van der Waals surface area contributed by atoms with Gasteiger partial charge in [-0.1, -0.05) is 20.8 Å². The molecule has 4 aliphatic carbocycles. The van der Waals surface area contributed by atoms with Gasteiger partial charge in [0.25, 0.3) is 0 Å². The summed E-state index contributed by atoms with van der Waals surface area (Å²) in [4.78, 5) is 0. The SMILES string of the molecule is C[C@H](CS)C1CCC2C3CCC4CC(O)CCC4(C)C3CCC21C. The molecule has 0 radical (unpaired) electrons. The van der Waals surface area contributed by atoms with E-state index in [4.69, 9.17) is 0 Å². The highest BCUT2D eigenvalue weighted by molar-refractivity contribution is 7.80. The average molecular weight is 351 g/mol. The Bertz CT molecular complexity index is 479. The Labute approximate surface area is 154 Å². The van der Waals surface area contributed by atoms with Crippen LogP contribution in [0.5, 0.6) is 0 Å². The maximum Gasteiger partial charge on any atom is 0.0543 e. The maximum absolute atomic E-state index is 10.2. The molecule has 0 saturated heterocycles. The second-order valence-corrected chi connectivity index (χ2v) is 10.8. The van der Waals surface area contributed by atoms with E-state index < -0.39 is 0 Å². The molecule has 0 heterocycles. The summed E-state index contributed by atoms with van der Waals surface area (Å²) < 4.78 is 0. The van der Waals surface area contributed by atoms with Crippen LogP contribution in [0.1, 0.15) is 78.6 Å². The predicted molar refractivity (Wildman–Crippen MR) is 104 cm³/mol. The van der Waals surface area contributed by atoms with Crippen molar-refractivity contribution in [2.45, 2.75) is 84.7 Å². The molecule has 24 heavy (non-hydrogen) atoms. The number of aliphatic hydroxyl groups excluding tert-OH is 1. The topological polar surface area (TPSA) is 20.2 Å². The van der Waals surface area contributed by atoms with Crippen LogP contribution in [0, 0.1) is 46.3 Å². The Balaban J connectivity index is 1.59. The number of hydrogen-bond acceptors (Lipinski definition) is 2. The summed E-state index contributed by atoms with van der Waals surface area (Å²) in [6.45, 7) is 7.69. The quantitative estimate of drug-likeness (QED) is 0.624. The molecule has 0 aromatic rings. The van der Waals surface area contributed by atoms with Crippen LogP contribution in [0.4, 0.5) is 0 Å². The van der Waals surface area contributed by atoms with Gasteiger partial charge in [0.1, 0.15) is 0 Å². The number of aliphatic hydroxyl groups is 1. The molecule has 0 aliphatic heterocycles. The molecule has 0 spiro atoms. The van der Waals surface area contributed by atoms with Crippen molar-refractivity contribution >= 4 is 12.6 Å². The fourth-order valence-electron chi connectivity index (χ4n) is 8.34. The molecule has 0 aromatic carbocycles. The summed E-state index contributed by atoms with van der Waals surface area (Å²) in [7, 11) is 0. The first-order chi connectivity index (χ1) is 11.4. The molecule has 0 amide bonds. The summed E-state index contributed by atoms with van der Waals surface area (Å²) in [5.41, 5.74) is 1.11. The molecule has 4 fully saturated rings. The van der Waals surface area contributed by atoms with Crippen LogP contribution in [0.2, 0.25) is 0 Å². The van der Waals surface area contributed by atoms with Gasteiger partial charge >= 0.3 is 0 Å². The summed E-state index contributed by atoms with van der Waals surface area (Å²) >= 11 is 4.64. The van der Waals surface area contributed by atoms with Gasteiger partial charge in [0, 0.05) is 0 Å². The molecular formula is C22H38OS. The van der Waals surface area contributed by atoms with E-state index in [-0.39, 0.29) is 6.10 Å². The minimum Gasteiger partial charge on any atom is -0.393 e. The summed E-state index contributed by atoms with van der Waals surface area (Å²) in [5, 5.41) is 10.2. The average Bonchev–Trinajstić information content (AvgIpc) is 2.92. The number of thiol groups is 1. The largest absolute Gasteiger partial charge is 0.393 e. The first kappa shape index (κ1) is 17.7. The van der Waals surface area contributed by atoms with Crippen LogP contribution < -0.4 is 0 Å². The molecule has 138 valence electrons. The van der Waals surface area contributed by atoms with Gasteiger partial charge in [-0.2, -0.15) is 12.6 Å². The molecule has 1 N–H and O–H groups in total. The molecule has 8 unspecified atom stereocenters. The Morgan fingerprint density at radius 1 is 0.958 bits per heavy atom. The van der Waals surface area contributed by atoms with Crippen molar-refractivity contribution in [3.8, 4) is 0 Å². The van der Waals surface area contributed by atoms with Gasteiger partial charge in [-0.25, -0.2) is 0 Å². The van der Waals surface area contributed by atoms with Crippen molar-refractivity contribution in [1.82, 2.24) is 0 Å². The number of fused-ring (bicyclic) bond motifs is 5. The van der Waals surface area contributed by atoms with E-state index in [0.717, 1.165) is 54.1 Å². The zero-order valence-electron chi connectivity index (χ0n) is 16.0. The van der Waals surface area contributed by atoms with Crippen LogP contribution in [0.3, 0.4) is 0 Å². The standard InChI is InChI=1S/C22H38OS/c1-14(13-24)18-6-7-19-17-5-4-15-12-16(23)8-10-21(15,2)20(17)9-11-22(18,19)3/h14-20,23-24H,4-13H2,1-3H3/t14-,15?,16?,17?,18?,19?,20?,21?,22?/m1/s1. The maximum atomic E-state index is 10.2. The van der Waals surface area contributed by atoms with Crippen molar-refractivity contribution in [3.05, 3.63) is 0 Å². The lowest BCUT2D eigenvalue weighted by molar-refractivity contribution is -0.128. The molecule has 4 aliphatic rings. The fourth-order valence-corrected chi connectivity index (χ4v) is 8.59. The third-order valence-corrected chi connectivity index (χ3v) is 10.3. The van der Waals surface area contributed by atoms with Crippen molar-refractivity contribution in [1.29, 1.82) is 0 Å². The van der Waals surface area contributed by atoms with Crippen LogP contribution in [0.15, 0.2) is 0 Å². The zero-order chi connectivity index (χ0) is 17.1. The van der Waals surface area contributed by atoms with Gasteiger partial charge < -0.3 is 5.11 Å². The van der Waals surface area contributed by atoms with E-state index in [1.54, 1.807) is 0 Å². The lowest BCUT2D eigenvalue weighted by Gasteiger charge is -2.61. The van der Waals surface area contributed by atoms with Crippen molar-refractivity contribution < 1.29 is 5.11 Å². The number of rotatable bonds is 2. The molecule has 0 aromatic heterocycles. The Kier molecular flexibility index (Phi) is 4.56. The first-order valence-electron chi connectivity index (χ1n) is 10.7. The molecule has 1 nitrogen and oxygen atoms in total. The van der Waals surface area contributed by atoms with E-state index >= 15 is 0 Å². The van der Waals surface area contributed by atoms with E-state index in [9.17, 15) is 5.11 Å². The van der Waals surface area contributed by atoms with Crippen LogP contribution in [-0.2, 0) is 0 Å². The zero-order valence-corrected chi connectivity index (χ0v) is 16.9. The molecule has 9 atom stereocenters. The highest BCUT2D eigenvalue weighted by Crippen LogP contribution is 2.68. The highest BCUT2D eigenvalue weighted by atomic mass is 32.1. The normalized spacial score (nSPS) is 55.4. The van der Waals surface area contributed by atoms with E-state index in [0.29, 0.717) is 10.8 Å². The number of hydrogen-bond donors (Lipinski definition) is 2. The summed E-state index contributed by atoms with van der Waals surface area (Å²) in [5.74, 6) is 6.40. The second-order valence-electron chi connectivity index (χ2n) is 10.5. The monoisotopic (exact) mass is 350 g/mol. The van der Waals surface area contributed by atoms with Crippen LogP contribution in [0.25, 0.3) is 0 Å². The van der Waals surface area contributed by atoms with E-state index in [2.05, 4.69) is 33.4 Å². The molecular weight excluding hydrogens is 312 g/mol. The first-order valence-corrected chi connectivity index (χ1v) is 11.3. The Morgan fingerprint density at radius 3 is 2.42 bits per heavy atom. The van der Waals surface area contributed by atoms with Crippen molar-refractivity contribution in [3.63, 3.8) is 0 Å². The third kappa shape index (κ3) is 2.45. The molecule has 4 rings (SSSR count). The third-order valence-electron chi connectivity index (χ3n) is 9.69. The second kappa shape index (κ2) is 6.19. The van der Waals surface area contributed by atoms with Gasteiger partial charge in [0.05, 0.1) is 6.10 Å². The minimum atomic E-state index is -0.0134. The Morgan fingerprint density at radius 2 is 1.67 bits per heavy atom. The fraction of sp³-hybridized carbons (Fsp3) is 1.00. The summed E-state index contributed by atoms with van der Waals surface area (Å²) in [6.07, 6.45) is 12.1. The van der Waals surface area contributed by atoms with Gasteiger partial charge in [0.2, 0.25) is 0 Å².